The molecule has 0 aliphatic rings. The molecule has 0 unspecified atom stereocenters. The predicted molar refractivity (Wildman–Crippen MR) is 114 cm³/mol. The number of hydrogen-bond donors (Lipinski definition) is 3. The number of nitrogens with one attached hydrogen (secondary N) is 3. The first-order valence-corrected chi connectivity index (χ1v) is 10.1. The van der Waals surface area contributed by atoms with Gasteiger partial charge >= 0.3 is 5.97 Å². The summed E-state index contributed by atoms with van der Waals surface area (Å²) >= 11 is 16.7. The number of halogens is 2. The maximum atomic E-state index is 11.8. The highest BCUT2D eigenvalue weighted by atomic mass is 35.5. The van der Waals surface area contributed by atoms with E-state index < -0.39 is 11.9 Å². The summed E-state index contributed by atoms with van der Waals surface area (Å²) in [6, 6.07) is 4.87. The van der Waals surface area contributed by atoms with Gasteiger partial charge in [-0.1, -0.05) is 30.1 Å². The van der Waals surface area contributed by atoms with E-state index in [9.17, 15) is 14.4 Å². The minimum Gasteiger partial charge on any atom is -0.492 e. The summed E-state index contributed by atoms with van der Waals surface area (Å²) < 4.78 is 10.3. The van der Waals surface area contributed by atoms with E-state index in [2.05, 4.69) is 16.2 Å². The topological polar surface area (TPSA) is 106 Å². The van der Waals surface area contributed by atoms with Crippen LogP contribution in [-0.4, -0.2) is 36.1 Å². The maximum absolute atomic E-state index is 11.8. The second kappa shape index (κ2) is 14.0. The molecule has 0 spiro atoms. The summed E-state index contributed by atoms with van der Waals surface area (Å²) in [5.41, 5.74) is 4.78. The minimum atomic E-state index is -0.460. The van der Waals surface area contributed by atoms with Crippen molar-refractivity contribution in [2.24, 2.45) is 0 Å². The van der Waals surface area contributed by atoms with Crippen LogP contribution in [0.1, 0.15) is 39.0 Å². The number of rotatable bonds is 10. The third-order valence-electron chi connectivity index (χ3n) is 3.29. The summed E-state index contributed by atoms with van der Waals surface area (Å²) in [5.74, 6) is -0.762. The second-order valence-corrected chi connectivity index (χ2v) is 7.05. The SMILES string of the molecule is CCCOC(=O)CCC(=O)NC(=S)NNC(=O)CCCOc1ccc(Cl)cc1Cl. The first kappa shape index (κ1) is 24.9. The molecule has 2 amide bonds. The van der Waals surface area contributed by atoms with Gasteiger partial charge in [0, 0.05) is 17.9 Å². The average molecular weight is 464 g/mol. The molecule has 0 heterocycles. The lowest BCUT2D eigenvalue weighted by atomic mass is 10.3. The molecule has 8 nitrogen and oxygen atoms in total. The Morgan fingerprint density at radius 1 is 1.03 bits per heavy atom. The van der Waals surface area contributed by atoms with Crippen molar-refractivity contribution < 1.29 is 23.9 Å². The van der Waals surface area contributed by atoms with Gasteiger partial charge < -0.3 is 14.8 Å². The standard InChI is InChI=1S/C18H23Cl2N3O5S/c1-2-9-28-17(26)8-7-15(24)21-18(29)23-22-16(25)4-3-10-27-14-6-5-12(19)11-13(14)20/h5-6,11H,2-4,7-10H2,1H3,(H,22,25)(H2,21,23,24,29). The van der Waals surface area contributed by atoms with Crippen LogP contribution in [0.3, 0.4) is 0 Å². The first-order valence-electron chi connectivity index (χ1n) is 8.94. The number of amides is 2. The first-order chi connectivity index (χ1) is 13.8. The Hall–Kier alpha value is -2.10. The lowest BCUT2D eigenvalue weighted by Gasteiger charge is -2.11. The number of benzene rings is 1. The smallest absolute Gasteiger partial charge is 0.306 e. The molecule has 1 aromatic carbocycles. The predicted octanol–water partition coefficient (Wildman–Crippen LogP) is 2.91. The number of carbonyl (C=O) groups excluding carboxylic acids is 3. The van der Waals surface area contributed by atoms with E-state index in [0.717, 1.165) is 0 Å². The van der Waals surface area contributed by atoms with Crippen LogP contribution in [0.2, 0.25) is 10.0 Å². The molecule has 11 heteroatoms. The maximum Gasteiger partial charge on any atom is 0.306 e. The van der Waals surface area contributed by atoms with Crippen LogP contribution < -0.4 is 20.9 Å². The van der Waals surface area contributed by atoms with Gasteiger partial charge in [-0.15, -0.1) is 0 Å². The fourth-order valence-electron chi connectivity index (χ4n) is 1.92. The number of hydrogen-bond acceptors (Lipinski definition) is 6. The number of carbonyl (C=O) groups is 3. The zero-order chi connectivity index (χ0) is 21.6. The highest BCUT2D eigenvalue weighted by Crippen LogP contribution is 2.27. The highest BCUT2D eigenvalue weighted by molar-refractivity contribution is 7.80. The molecule has 1 aromatic rings. The zero-order valence-corrected chi connectivity index (χ0v) is 18.2. The van der Waals surface area contributed by atoms with Crippen molar-refractivity contribution in [3.05, 3.63) is 28.2 Å². The van der Waals surface area contributed by atoms with Crippen molar-refractivity contribution in [2.45, 2.75) is 39.0 Å². The molecule has 0 bridgehead atoms. The molecule has 0 aliphatic carbocycles. The van der Waals surface area contributed by atoms with Crippen LogP contribution in [0.25, 0.3) is 0 Å². The molecule has 29 heavy (non-hydrogen) atoms. The number of hydrazine groups is 1. The monoisotopic (exact) mass is 463 g/mol. The fourth-order valence-corrected chi connectivity index (χ4v) is 2.55. The molecule has 0 radical (unpaired) electrons. The quantitative estimate of drug-likeness (QED) is 0.212. The minimum absolute atomic E-state index is 0.0432. The Balaban J connectivity index is 2.14. The summed E-state index contributed by atoms with van der Waals surface area (Å²) in [6.07, 6.45) is 1.21. The molecule has 0 aromatic heterocycles. The van der Waals surface area contributed by atoms with Gasteiger partial charge in [0.05, 0.1) is 24.7 Å². The van der Waals surface area contributed by atoms with E-state index in [4.69, 9.17) is 44.9 Å². The van der Waals surface area contributed by atoms with Crippen LogP contribution >= 0.6 is 35.4 Å². The summed E-state index contributed by atoms with van der Waals surface area (Å²) in [4.78, 5) is 34.8. The Labute approximate surface area is 184 Å². The zero-order valence-electron chi connectivity index (χ0n) is 15.9. The average Bonchev–Trinajstić information content (AvgIpc) is 2.67. The van der Waals surface area contributed by atoms with Gasteiger partial charge in [0.1, 0.15) is 5.75 Å². The summed E-state index contributed by atoms with van der Waals surface area (Å²) in [5, 5.41) is 3.18. The molecule has 3 N–H and O–H groups in total. The normalized spacial score (nSPS) is 10.0. The molecular formula is C18H23Cl2N3O5S. The van der Waals surface area contributed by atoms with Gasteiger partial charge in [-0.05, 0) is 43.3 Å². The third kappa shape index (κ3) is 11.5. The van der Waals surface area contributed by atoms with Crippen LogP contribution in [0.5, 0.6) is 5.75 Å². The lowest BCUT2D eigenvalue weighted by Crippen LogP contribution is -2.48. The molecule has 0 fully saturated rings. The summed E-state index contributed by atoms with van der Waals surface area (Å²) in [7, 11) is 0. The number of esters is 1. The van der Waals surface area contributed by atoms with Gasteiger partial charge in [0.15, 0.2) is 5.11 Å². The van der Waals surface area contributed by atoms with Crippen LogP contribution in [0.4, 0.5) is 0 Å². The Morgan fingerprint density at radius 3 is 2.48 bits per heavy atom. The molecule has 0 saturated carbocycles. The van der Waals surface area contributed by atoms with Gasteiger partial charge in [-0.2, -0.15) is 0 Å². The van der Waals surface area contributed by atoms with E-state index in [-0.39, 0.29) is 36.9 Å². The summed E-state index contributed by atoms with van der Waals surface area (Å²) in [6.45, 7) is 2.48. The van der Waals surface area contributed by atoms with Crippen molar-refractivity contribution in [3.63, 3.8) is 0 Å². The van der Waals surface area contributed by atoms with Crippen LogP contribution in [0.15, 0.2) is 18.2 Å². The molecule has 1 rings (SSSR count). The highest BCUT2D eigenvalue weighted by Gasteiger charge is 2.10. The van der Waals surface area contributed by atoms with Crippen molar-refractivity contribution in [1.82, 2.24) is 16.2 Å². The van der Waals surface area contributed by atoms with Gasteiger partial charge in [-0.3, -0.25) is 25.2 Å². The fraction of sp³-hybridized carbons (Fsp3) is 0.444. The molecule has 0 aliphatic heterocycles. The van der Waals surface area contributed by atoms with Crippen molar-refractivity contribution in [3.8, 4) is 5.75 Å². The van der Waals surface area contributed by atoms with Crippen LogP contribution in [0, 0.1) is 0 Å². The molecular weight excluding hydrogens is 441 g/mol. The van der Waals surface area contributed by atoms with E-state index in [1.165, 1.54) is 0 Å². The van der Waals surface area contributed by atoms with Crippen LogP contribution in [-0.2, 0) is 19.1 Å². The Morgan fingerprint density at radius 2 is 1.79 bits per heavy atom. The molecule has 160 valence electrons. The van der Waals surface area contributed by atoms with Gasteiger partial charge in [-0.25, -0.2) is 0 Å². The van der Waals surface area contributed by atoms with E-state index in [1.54, 1.807) is 18.2 Å². The largest absolute Gasteiger partial charge is 0.492 e. The van der Waals surface area contributed by atoms with E-state index >= 15 is 0 Å². The molecule has 0 atom stereocenters. The molecule has 0 saturated heterocycles. The van der Waals surface area contributed by atoms with Crippen molar-refractivity contribution >= 4 is 58.3 Å². The van der Waals surface area contributed by atoms with Crippen molar-refractivity contribution in [1.29, 1.82) is 0 Å². The van der Waals surface area contributed by atoms with E-state index in [0.29, 0.717) is 35.2 Å². The second-order valence-electron chi connectivity index (χ2n) is 5.80. The Bertz CT molecular complexity index is 733. The van der Waals surface area contributed by atoms with Gasteiger partial charge in [0.25, 0.3) is 0 Å². The van der Waals surface area contributed by atoms with Crippen molar-refractivity contribution in [2.75, 3.05) is 13.2 Å². The number of thiocarbonyl (C=S) groups is 1. The lowest BCUT2D eigenvalue weighted by molar-refractivity contribution is -0.144. The van der Waals surface area contributed by atoms with Gasteiger partial charge in [0.2, 0.25) is 11.8 Å². The number of ether oxygens (including phenoxy) is 2. The third-order valence-corrected chi connectivity index (χ3v) is 4.03. The Kier molecular flexibility index (Phi) is 12.0. The van der Waals surface area contributed by atoms with E-state index in [1.807, 2.05) is 6.92 Å².